The van der Waals surface area contributed by atoms with E-state index in [1.165, 1.54) is 136 Å². The van der Waals surface area contributed by atoms with E-state index in [4.69, 9.17) is 9.60 Å². The molecule has 0 bridgehead atoms. The Balaban J connectivity index is 0.000000193. The molecule has 4 aliphatic carbocycles. The fourth-order valence-electron chi connectivity index (χ4n) is 11.8. The van der Waals surface area contributed by atoms with Crippen LogP contribution in [0.5, 0.6) is 0 Å². The molecule has 77 heavy (non-hydrogen) atoms. The van der Waals surface area contributed by atoms with Crippen molar-refractivity contribution in [3.63, 3.8) is 0 Å². The van der Waals surface area contributed by atoms with Crippen molar-refractivity contribution in [2.45, 2.75) is 303 Å². The second-order valence-corrected chi connectivity index (χ2v) is 29.1. The monoisotopic (exact) mass is 1050 g/mol. The minimum absolute atomic E-state index is 0.0750. The van der Waals surface area contributed by atoms with Crippen molar-refractivity contribution in [3.8, 4) is 0 Å². The van der Waals surface area contributed by atoms with E-state index in [9.17, 15) is 0 Å². The SMILES string of the molecule is CC(C)(C)c1ccc(C2(C)CCCC2)cc1.CC(C)(C)c1ccc(C2CCCC2)cc1.CC(C)(C)c1ccc(C2CCCCC2)cc1.[2H]C([2H])([2H])C([2H])(c1ccc(C(C)(C)C)cc1)C([2H])([2H])C.[2H]C1(c2ccc(C(C)(C)C)cc2)CCCCC1. The fraction of sp³-hybridized carbons (Fsp3) is 0.610. The molecule has 0 nitrogen and oxygen atoms in total. The summed E-state index contributed by atoms with van der Waals surface area (Å²) in [6, 6.07) is 43.5. The molecule has 4 aliphatic rings. The van der Waals surface area contributed by atoms with Crippen LogP contribution in [0.1, 0.15) is 335 Å². The van der Waals surface area contributed by atoms with Gasteiger partial charge in [0, 0.05) is 9.60 Å². The minimum atomic E-state index is -2.74. The predicted octanol–water partition coefficient (Wildman–Crippen LogP) is 24.0. The Hall–Kier alpha value is -3.90. The van der Waals surface area contributed by atoms with Gasteiger partial charge in [-0.1, -0.05) is 310 Å². The van der Waals surface area contributed by atoms with E-state index < -0.39 is 19.1 Å². The lowest BCUT2D eigenvalue weighted by atomic mass is 9.79. The molecule has 1 atom stereocenters. The summed E-state index contributed by atoms with van der Waals surface area (Å²) < 4.78 is 55.1. The van der Waals surface area contributed by atoms with Crippen LogP contribution in [-0.2, 0) is 32.5 Å². The van der Waals surface area contributed by atoms with E-state index >= 15 is 0 Å². The maximum atomic E-state index is 8.59. The van der Waals surface area contributed by atoms with Crippen molar-refractivity contribution in [3.05, 3.63) is 177 Å². The molecular weight excluding hydrogens is 925 g/mol. The summed E-state index contributed by atoms with van der Waals surface area (Å²) in [5.74, 6) is -0.910. The number of rotatable bonds is 6. The summed E-state index contributed by atoms with van der Waals surface area (Å²) in [5.41, 5.74) is 14.2. The first-order valence-corrected chi connectivity index (χ1v) is 30.7. The van der Waals surface area contributed by atoms with Crippen LogP contribution >= 0.6 is 0 Å². The molecule has 0 amide bonds. The molecule has 9 rings (SSSR count). The lowest BCUT2D eigenvalue weighted by Gasteiger charge is -2.26. The van der Waals surface area contributed by atoms with Gasteiger partial charge in [-0.15, -0.1) is 0 Å². The molecule has 0 aromatic heterocycles. The van der Waals surface area contributed by atoms with Crippen LogP contribution in [0.3, 0.4) is 0 Å². The van der Waals surface area contributed by atoms with Crippen LogP contribution in [-0.4, -0.2) is 0 Å². The van der Waals surface area contributed by atoms with Crippen molar-refractivity contribution < 1.29 is 9.60 Å². The molecule has 1 unspecified atom stereocenters. The highest BCUT2D eigenvalue weighted by molar-refractivity contribution is 5.35. The largest absolute Gasteiger partial charge is 0.0648 e. The molecule has 4 saturated carbocycles. The zero-order valence-electron chi connectivity index (χ0n) is 59.4. The van der Waals surface area contributed by atoms with E-state index in [-0.39, 0.29) is 38.5 Å². The Morgan fingerprint density at radius 1 is 0.416 bits per heavy atom. The van der Waals surface area contributed by atoms with Gasteiger partial charge < -0.3 is 0 Å². The Morgan fingerprint density at radius 3 is 1.01 bits per heavy atom. The molecule has 5 aromatic rings. The molecule has 0 heterocycles. The molecule has 5 aromatic carbocycles. The van der Waals surface area contributed by atoms with Gasteiger partial charge >= 0.3 is 0 Å². The first-order valence-electron chi connectivity index (χ1n) is 34.2. The van der Waals surface area contributed by atoms with Crippen molar-refractivity contribution in [2.75, 3.05) is 0 Å². The smallest absolute Gasteiger partial charge is 0.0352 e. The zero-order chi connectivity index (χ0) is 62.8. The number of benzene rings is 5. The van der Waals surface area contributed by atoms with Crippen LogP contribution in [0, 0.1) is 0 Å². The highest BCUT2D eigenvalue weighted by atomic mass is 14.4. The maximum Gasteiger partial charge on any atom is 0.0352 e. The maximum absolute atomic E-state index is 8.59. The molecule has 0 saturated heterocycles. The Kier molecular flexibility index (Phi) is 19.9. The van der Waals surface area contributed by atoms with Crippen LogP contribution in [0.4, 0.5) is 0 Å². The molecule has 0 aliphatic heterocycles. The molecule has 0 heteroatoms. The summed E-state index contributed by atoms with van der Waals surface area (Å²) in [5, 5.41) is 0. The number of hydrogen-bond donors (Lipinski definition) is 0. The van der Waals surface area contributed by atoms with Gasteiger partial charge in [-0.2, -0.15) is 0 Å². The van der Waals surface area contributed by atoms with Crippen molar-refractivity contribution in [1.82, 2.24) is 0 Å². The van der Waals surface area contributed by atoms with Crippen LogP contribution < -0.4 is 0 Å². The highest BCUT2D eigenvalue weighted by Gasteiger charge is 2.31. The van der Waals surface area contributed by atoms with Crippen molar-refractivity contribution in [1.29, 1.82) is 0 Å². The normalized spacial score (nSPS) is 20.6. The van der Waals surface area contributed by atoms with Gasteiger partial charge in [0.15, 0.2) is 0 Å². The average Bonchev–Trinajstić information content (AvgIpc) is 2.79. The van der Waals surface area contributed by atoms with E-state index in [2.05, 4.69) is 187 Å². The number of hydrogen-bond acceptors (Lipinski definition) is 0. The Labute approximate surface area is 487 Å². The average molecular weight is 1050 g/mol. The van der Waals surface area contributed by atoms with Gasteiger partial charge in [-0.3, -0.25) is 0 Å². The quantitative estimate of drug-likeness (QED) is 0.159. The lowest BCUT2D eigenvalue weighted by Crippen LogP contribution is -2.17. The van der Waals surface area contributed by atoms with E-state index in [0.717, 1.165) is 37.2 Å². The summed E-state index contributed by atoms with van der Waals surface area (Å²) in [4.78, 5) is 0. The summed E-state index contributed by atoms with van der Waals surface area (Å²) >= 11 is 0. The summed E-state index contributed by atoms with van der Waals surface area (Å²) in [6.07, 6.45) is 21.9. The van der Waals surface area contributed by atoms with Gasteiger partial charge in [0.1, 0.15) is 0 Å². The Bertz CT molecular complexity index is 2680. The van der Waals surface area contributed by atoms with Gasteiger partial charge in [0.2, 0.25) is 0 Å². The molecule has 4 fully saturated rings. The molecule has 0 radical (unpaired) electrons. The fourth-order valence-corrected chi connectivity index (χ4v) is 11.8. The van der Waals surface area contributed by atoms with Crippen LogP contribution in [0.25, 0.3) is 0 Å². The highest BCUT2D eigenvalue weighted by Crippen LogP contribution is 2.42. The minimum Gasteiger partial charge on any atom is -0.0648 e. The standard InChI is InChI=1S/3C16H24.C15H22.C14H22/c1-15(2,3)13-7-9-14(10-8-13)16(4)11-5-6-12-16;2*1-16(2,3)15-11-9-14(10-12-15)13-7-5-4-6-8-13;1-15(2,3)14-10-8-13(9-11-14)12-6-4-5-7-12;1-6-11(2)12-7-9-13(10-8-12)14(3,4)5/h7-10H,5-6,11-12H2,1-4H3;2*9-13H,4-8H2,1-3H3;8-12H,4-7H2,1-3H3;7-11H,6H2,1-5H3/i;13D;;;2D3,6D2,11D. The summed E-state index contributed by atoms with van der Waals surface area (Å²) in [7, 11) is 0. The predicted molar refractivity (Wildman–Crippen MR) is 343 cm³/mol. The van der Waals surface area contributed by atoms with E-state index in [1.807, 2.05) is 20.8 Å². The van der Waals surface area contributed by atoms with Crippen molar-refractivity contribution >= 4 is 0 Å². The third-order valence-corrected chi connectivity index (χ3v) is 17.5. The summed E-state index contributed by atoms with van der Waals surface area (Å²) in [6.45, 7) is 34.1. The second-order valence-electron chi connectivity index (χ2n) is 29.1. The third-order valence-electron chi connectivity index (χ3n) is 17.5. The lowest BCUT2D eigenvalue weighted by molar-refractivity contribution is 0.443. The first-order chi connectivity index (χ1) is 38.7. The second kappa shape index (κ2) is 28.5. The molecule has 0 spiro atoms. The van der Waals surface area contributed by atoms with Crippen LogP contribution in [0.2, 0.25) is 0 Å². The third kappa shape index (κ3) is 20.3. The van der Waals surface area contributed by atoms with Gasteiger partial charge in [-0.25, -0.2) is 0 Å². The topological polar surface area (TPSA) is 0 Å². The zero-order valence-corrected chi connectivity index (χ0v) is 52.4. The van der Waals surface area contributed by atoms with Gasteiger partial charge in [0.25, 0.3) is 0 Å². The Morgan fingerprint density at radius 2 is 0.701 bits per heavy atom. The van der Waals surface area contributed by atoms with Crippen molar-refractivity contribution in [2.24, 2.45) is 0 Å². The van der Waals surface area contributed by atoms with Crippen LogP contribution in [0.15, 0.2) is 121 Å². The molecule has 424 valence electrons. The van der Waals surface area contributed by atoms with Gasteiger partial charge in [-0.05, 0) is 169 Å². The van der Waals surface area contributed by atoms with E-state index in [0.29, 0.717) is 5.41 Å². The van der Waals surface area contributed by atoms with E-state index in [1.54, 1.807) is 35.4 Å². The van der Waals surface area contributed by atoms with Gasteiger partial charge in [0.05, 0.1) is 0 Å². The molecular formula is C77H116. The first kappa shape index (κ1) is 53.7. The molecule has 0 N–H and O–H groups in total.